The van der Waals surface area contributed by atoms with E-state index in [1.807, 2.05) is 18.3 Å². The number of hydrogen-bond donors (Lipinski definition) is 0. The molecule has 102 valence electrons. The van der Waals surface area contributed by atoms with Crippen LogP contribution in [0.25, 0.3) is 5.52 Å². The third-order valence-corrected chi connectivity index (χ3v) is 4.03. The van der Waals surface area contributed by atoms with Gasteiger partial charge in [-0.3, -0.25) is 4.79 Å². The predicted octanol–water partition coefficient (Wildman–Crippen LogP) is 1.23. The minimum atomic E-state index is 0.00972. The van der Waals surface area contributed by atoms with Crippen molar-refractivity contribution in [2.45, 2.75) is 32.9 Å². The zero-order valence-corrected chi connectivity index (χ0v) is 11.5. The first-order chi connectivity index (χ1) is 9.15. The molecular formula is C14H20N4O. The molecule has 1 atom stereocenters. The summed E-state index contributed by atoms with van der Waals surface area (Å²) in [7, 11) is 0. The second-order valence-electron chi connectivity index (χ2n) is 5.66. The van der Waals surface area contributed by atoms with Gasteiger partial charge in [0.2, 0.25) is 0 Å². The lowest BCUT2D eigenvalue weighted by atomic mass is 10.1. The van der Waals surface area contributed by atoms with E-state index in [9.17, 15) is 4.79 Å². The molecule has 0 aromatic carbocycles. The molecule has 0 unspecified atom stereocenters. The Morgan fingerprint density at radius 3 is 3.05 bits per heavy atom. The Hall–Kier alpha value is -1.62. The molecule has 1 aliphatic rings. The molecule has 5 nitrogen and oxygen atoms in total. The molecule has 2 aromatic heterocycles. The van der Waals surface area contributed by atoms with Crippen molar-refractivity contribution in [2.75, 3.05) is 13.1 Å². The van der Waals surface area contributed by atoms with Gasteiger partial charge in [0.15, 0.2) is 0 Å². The first-order valence-corrected chi connectivity index (χ1v) is 6.92. The second kappa shape index (κ2) is 4.81. The van der Waals surface area contributed by atoms with Crippen molar-refractivity contribution in [1.82, 2.24) is 19.1 Å². The zero-order chi connectivity index (χ0) is 13.4. The summed E-state index contributed by atoms with van der Waals surface area (Å²) in [6.07, 6.45) is 4.72. The van der Waals surface area contributed by atoms with Gasteiger partial charge >= 0.3 is 0 Å². The number of rotatable bonds is 3. The van der Waals surface area contributed by atoms with E-state index in [1.54, 1.807) is 15.4 Å². The van der Waals surface area contributed by atoms with E-state index in [2.05, 4.69) is 23.8 Å². The fraction of sp³-hybridized carbons (Fsp3) is 0.571. The van der Waals surface area contributed by atoms with Crippen molar-refractivity contribution in [2.24, 2.45) is 5.92 Å². The smallest absolute Gasteiger partial charge is 0.291 e. The van der Waals surface area contributed by atoms with Crippen LogP contribution in [-0.4, -0.2) is 38.2 Å². The second-order valence-corrected chi connectivity index (χ2v) is 5.66. The summed E-state index contributed by atoms with van der Waals surface area (Å²) in [6, 6.07) is 4.30. The Bertz CT molecular complexity index is 628. The van der Waals surface area contributed by atoms with Gasteiger partial charge in [-0.15, -0.1) is 0 Å². The molecule has 3 heterocycles. The molecule has 5 heteroatoms. The normalized spacial score (nSPS) is 20.7. The Labute approximate surface area is 112 Å². The zero-order valence-electron chi connectivity index (χ0n) is 11.5. The van der Waals surface area contributed by atoms with Crippen molar-refractivity contribution < 1.29 is 0 Å². The SMILES string of the molecule is CC(C)N1CC[C@@H](Cn2ncn3cccc3c2=O)C1. The largest absolute Gasteiger partial charge is 0.301 e. The van der Waals surface area contributed by atoms with Gasteiger partial charge in [-0.1, -0.05) is 0 Å². The molecule has 2 aromatic rings. The van der Waals surface area contributed by atoms with Gasteiger partial charge < -0.3 is 9.30 Å². The Morgan fingerprint density at radius 2 is 2.32 bits per heavy atom. The van der Waals surface area contributed by atoms with Crippen molar-refractivity contribution in [1.29, 1.82) is 0 Å². The molecule has 0 radical (unpaired) electrons. The summed E-state index contributed by atoms with van der Waals surface area (Å²) in [5, 5.41) is 4.26. The van der Waals surface area contributed by atoms with E-state index in [0.29, 0.717) is 17.5 Å². The maximum atomic E-state index is 12.3. The molecular weight excluding hydrogens is 240 g/mol. The van der Waals surface area contributed by atoms with Gasteiger partial charge in [-0.2, -0.15) is 5.10 Å². The van der Waals surface area contributed by atoms with Gasteiger partial charge in [0.1, 0.15) is 11.8 Å². The molecule has 0 amide bonds. The van der Waals surface area contributed by atoms with Crippen LogP contribution in [0.2, 0.25) is 0 Å². The number of likely N-dealkylation sites (tertiary alicyclic amines) is 1. The molecule has 0 aliphatic carbocycles. The summed E-state index contributed by atoms with van der Waals surface area (Å²) in [6.45, 7) is 7.37. The number of hydrogen-bond acceptors (Lipinski definition) is 3. The Balaban J connectivity index is 1.79. The lowest BCUT2D eigenvalue weighted by molar-refractivity contribution is 0.258. The third-order valence-electron chi connectivity index (χ3n) is 4.03. The molecule has 0 bridgehead atoms. The minimum Gasteiger partial charge on any atom is -0.301 e. The summed E-state index contributed by atoms with van der Waals surface area (Å²) in [5.74, 6) is 0.532. The van der Waals surface area contributed by atoms with Crippen LogP contribution in [0.3, 0.4) is 0 Å². The molecule has 19 heavy (non-hydrogen) atoms. The molecule has 0 spiro atoms. The lowest BCUT2D eigenvalue weighted by Gasteiger charge is -2.20. The van der Waals surface area contributed by atoms with E-state index in [4.69, 9.17) is 0 Å². The van der Waals surface area contributed by atoms with Gasteiger partial charge in [0.25, 0.3) is 5.56 Å². The third kappa shape index (κ3) is 2.30. The molecule has 1 fully saturated rings. The van der Waals surface area contributed by atoms with E-state index in [1.165, 1.54) is 0 Å². The first kappa shape index (κ1) is 12.4. The number of aromatic nitrogens is 3. The van der Waals surface area contributed by atoms with Crippen LogP contribution in [0.4, 0.5) is 0 Å². The summed E-state index contributed by atoms with van der Waals surface area (Å²) in [5.41, 5.74) is 0.712. The van der Waals surface area contributed by atoms with Gasteiger partial charge in [-0.25, -0.2) is 4.68 Å². The Kier molecular flexibility index (Phi) is 3.14. The topological polar surface area (TPSA) is 42.5 Å². The van der Waals surface area contributed by atoms with Crippen LogP contribution < -0.4 is 5.56 Å². The predicted molar refractivity (Wildman–Crippen MR) is 74.3 cm³/mol. The van der Waals surface area contributed by atoms with Gasteiger partial charge in [0, 0.05) is 25.3 Å². The maximum Gasteiger partial charge on any atom is 0.291 e. The van der Waals surface area contributed by atoms with Crippen LogP contribution in [0, 0.1) is 5.92 Å². The maximum absolute atomic E-state index is 12.3. The van der Waals surface area contributed by atoms with Crippen LogP contribution in [-0.2, 0) is 6.54 Å². The van der Waals surface area contributed by atoms with Crippen LogP contribution in [0.5, 0.6) is 0 Å². The van der Waals surface area contributed by atoms with E-state index in [0.717, 1.165) is 26.1 Å². The van der Waals surface area contributed by atoms with Crippen molar-refractivity contribution in [3.63, 3.8) is 0 Å². The number of nitrogens with zero attached hydrogens (tertiary/aromatic N) is 4. The lowest BCUT2D eigenvalue weighted by Crippen LogP contribution is -2.31. The molecule has 0 N–H and O–H groups in total. The van der Waals surface area contributed by atoms with Gasteiger partial charge in [-0.05, 0) is 44.9 Å². The molecule has 0 saturated carbocycles. The summed E-state index contributed by atoms with van der Waals surface area (Å²) >= 11 is 0. The first-order valence-electron chi connectivity index (χ1n) is 6.92. The van der Waals surface area contributed by atoms with E-state index >= 15 is 0 Å². The summed E-state index contributed by atoms with van der Waals surface area (Å²) in [4.78, 5) is 14.7. The van der Waals surface area contributed by atoms with Crippen LogP contribution >= 0.6 is 0 Å². The number of fused-ring (bicyclic) bond motifs is 1. The van der Waals surface area contributed by atoms with Crippen molar-refractivity contribution >= 4 is 5.52 Å². The minimum absolute atomic E-state index is 0.00972. The van der Waals surface area contributed by atoms with Crippen LogP contribution in [0.1, 0.15) is 20.3 Å². The quantitative estimate of drug-likeness (QED) is 0.833. The monoisotopic (exact) mass is 260 g/mol. The average Bonchev–Trinajstić information content (AvgIpc) is 3.01. The fourth-order valence-corrected chi connectivity index (χ4v) is 2.83. The van der Waals surface area contributed by atoms with E-state index in [-0.39, 0.29) is 5.56 Å². The molecule has 3 rings (SSSR count). The average molecular weight is 260 g/mol. The highest BCUT2D eigenvalue weighted by Crippen LogP contribution is 2.19. The highest BCUT2D eigenvalue weighted by molar-refractivity contribution is 5.43. The highest BCUT2D eigenvalue weighted by Gasteiger charge is 2.25. The molecule has 1 saturated heterocycles. The van der Waals surface area contributed by atoms with Crippen molar-refractivity contribution in [3.05, 3.63) is 35.0 Å². The van der Waals surface area contributed by atoms with E-state index < -0.39 is 0 Å². The van der Waals surface area contributed by atoms with Crippen LogP contribution in [0.15, 0.2) is 29.5 Å². The Morgan fingerprint density at radius 1 is 1.47 bits per heavy atom. The summed E-state index contributed by atoms with van der Waals surface area (Å²) < 4.78 is 3.39. The molecule has 1 aliphatic heterocycles. The van der Waals surface area contributed by atoms with Gasteiger partial charge in [0.05, 0.1) is 0 Å². The highest BCUT2D eigenvalue weighted by atomic mass is 16.1. The fourth-order valence-electron chi connectivity index (χ4n) is 2.83. The van der Waals surface area contributed by atoms with Crippen molar-refractivity contribution in [3.8, 4) is 0 Å². The standard InChI is InChI=1S/C14H20N4O/c1-11(2)16-7-5-12(8-16)9-18-14(19)13-4-3-6-17(13)10-15-18/h3-4,6,10-12H,5,7-9H2,1-2H3/t12-/m1/s1.